The predicted molar refractivity (Wildman–Crippen MR) is 138 cm³/mol. The summed E-state index contributed by atoms with van der Waals surface area (Å²) in [6.45, 7) is 7.66. The molecule has 184 valence electrons. The van der Waals surface area contributed by atoms with Crippen molar-refractivity contribution in [2.24, 2.45) is 4.99 Å². The number of nitrogens with one attached hydrogen (secondary N) is 2. The smallest absolute Gasteiger partial charge is 0.277 e. The van der Waals surface area contributed by atoms with Crippen molar-refractivity contribution in [2.75, 3.05) is 19.9 Å². The number of halogens is 1. The average Bonchev–Trinajstić information content (AvgIpc) is 2.86. The number of nitrogens with two attached hydrogens (primary N) is 1. The highest BCUT2D eigenvalue weighted by Gasteiger charge is 2.30. The summed E-state index contributed by atoms with van der Waals surface area (Å²) in [7, 11) is 3.11. The third kappa shape index (κ3) is 8.56. The molecule has 0 bridgehead atoms. The molecular formula is C24H33FN6O2S. The van der Waals surface area contributed by atoms with Crippen LogP contribution in [0.15, 0.2) is 46.3 Å². The Bertz CT molecular complexity index is 1030. The van der Waals surface area contributed by atoms with Gasteiger partial charge < -0.3 is 21.1 Å². The summed E-state index contributed by atoms with van der Waals surface area (Å²) in [5.74, 6) is 4.81. The number of ether oxygens (including phenoxy) is 1. The Morgan fingerprint density at radius 3 is 2.76 bits per heavy atom. The lowest BCUT2D eigenvalue weighted by molar-refractivity contribution is 0.0961. The molecule has 10 heteroatoms. The molecule has 1 atom stereocenters. The molecule has 1 aromatic rings. The molecule has 2 heterocycles. The fourth-order valence-electron chi connectivity index (χ4n) is 2.80. The second kappa shape index (κ2) is 14.8. The van der Waals surface area contributed by atoms with Crippen LogP contribution in [0.2, 0.25) is 0 Å². The highest BCUT2D eigenvalue weighted by molar-refractivity contribution is 8.16. The number of aromatic nitrogens is 2. The second-order valence-electron chi connectivity index (χ2n) is 6.77. The highest BCUT2D eigenvalue weighted by Crippen LogP contribution is 2.29. The number of rotatable bonds is 8. The van der Waals surface area contributed by atoms with Crippen LogP contribution in [-0.4, -0.2) is 40.7 Å². The van der Waals surface area contributed by atoms with Gasteiger partial charge in [-0.3, -0.25) is 9.79 Å². The number of carbonyl (C=O) groups excluding carboxylic acids is 1. The molecule has 0 radical (unpaired) electrons. The summed E-state index contributed by atoms with van der Waals surface area (Å²) in [6.07, 6.45) is 7.08. The molecule has 0 fully saturated rings. The van der Waals surface area contributed by atoms with E-state index < -0.39 is 11.4 Å². The lowest BCUT2D eigenvalue weighted by Crippen LogP contribution is -2.47. The summed E-state index contributed by atoms with van der Waals surface area (Å²) in [6, 6.07) is 0. The van der Waals surface area contributed by atoms with E-state index in [0.29, 0.717) is 12.1 Å². The number of thioether (sulfide) groups is 1. The number of methoxy groups -OCH3 is 1. The highest BCUT2D eigenvalue weighted by atomic mass is 32.2. The first kappa shape index (κ1) is 28.7. The second-order valence-corrected chi connectivity index (χ2v) is 7.66. The molecule has 0 aliphatic carbocycles. The van der Waals surface area contributed by atoms with E-state index in [2.05, 4.69) is 37.4 Å². The van der Waals surface area contributed by atoms with Crippen molar-refractivity contribution in [3.05, 3.63) is 47.1 Å². The molecule has 1 aromatic heterocycles. The van der Waals surface area contributed by atoms with Gasteiger partial charge >= 0.3 is 0 Å². The van der Waals surface area contributed by atoms with Gasteiger partial charge in [0.15, 0.2) is 16.7 Å². The van der Waals surface area contributed by atoms with E-state index in [-0.39, 0.29) is 36.1 Å². The van der Waals surface area contributed by atoms with E-state index in [1.807, 2.05) is 32.3 Å². The maximum Gasteiger partial charge on any atom is 0.277 e. The van der Waals surface area contributed by atoms with E-state index in [9.17, 15) is 9.18 Å². The third-order valence-corrected chi connectivity index (χ3v) is 5.42. The molecular weight excluding hydrogens is 455 g/mol. The number of amidine groups is 1. The number of anilines is 1. The molecule has 2 rings (SSSR count). The number of aliphatic imine (C=N–C) groups is 1. The van der Waals surface area contributed by atoms with Gasteiger partial charge in [0.1, 0.15) is 5.83 Å². The molecule has 1 aliphatic heterocycles. The quantitative estimate of drug-likeness (QED) is 0.368. The molecule has 0 unspecified atom stereocenters. The molecule has 0 saturated carbocycles. The van der Waals surface area contributed by atoms with Crippen LogP contribution >= 0.6 is 11.8 Å². The minimum atomic E-state index is -0.571. The SMILES string of the molecule is CC.CC#CC/C(=C\C=C(\F)C[C@]1(CC)C=CSC(=NC)N1)NC(=O)c1ncc(OC)nc1N. The largest absolute Gasteiger partial charge is 0.480 e. The van der Waals surface area contributed by atoms with Crippen LogP contribution in [0.5, 0.6) is 5.88 Å². The van der Waals surface area contributed by atoms with E-state index in [1.54, 1.807) is 14.0 Å². The van der Waals surface area contributed by atoms with Gasteiger partial charge in [-0.2, -0.15) is 4.98 Å². The van der Waals surface area contributed by atoms with Crippen molar-refractivity contribution in [1.82, 2.24) is 20.6 Å². The van der Waals surface area contributed by atoms with E-state index in [4.69, 9.17) is 10.5 Å². The molecule has 0 saturated heterocycles. The van der Waals surface area contributed by atoms with Gasteiger partial charge in [-0.1, -0.05) is 44.5 Å². The van der Waals surface area contributed by atoms with E-state index >= 15 is 0 Å². The molecule has 0 spiro atoms. The van der Waals surface area contributed by atoms with Crippen molar-refractivity contribution in [2.45, 2.75) is 52.5 Å². The molecule has 4 N–H and O–H groups in total. The standard InChI is InChI=1S/C22H27FN6O2S.C2H6/c1-5-7-8-16(27-20(30)18-19(24)28-17(31-4)14-26-18)10-9-15(23)13-22(6-2)11-12-32-21(25-3)29-22;1-2/h9-12,14H,6,8,13H2,1-4H3,(H2,24,28)(H,25,29)(H,27,30);1-2H3/b15-9+,16-10+;/t22-;/m0./s1. The van der Waals surface area contributed by atoms with E-state index in [1.165, 1.54) is 37.2 Å². The molecule has 8 nitrogen and oxygen atoms in total. The third-order valence-electron chi connectivity index (χ3n) is 4.64. The van der Waals surface area contributed by atoms with Crippen LogP contribution in [0.3, 0.4) is 0 Å². The van der Waals surface area contributed by atoms with Crippen molar-refractivity contribution < 1.29 is 13.9 Å². The van der Waals surface area contributed by atoms with Gasteiger partial charge in [-0.05, 0) is 30.9 Å². The molecule has 34 heavy (non-hydrogen) atoms. The molecule has 0 aromatic carbocycles. The zero-order chi connectivity index (χ0) is 25.6. The first-order valence-electron chi connectivity index (χ1n) is 10.9. The van der Waals surface area contributed by atoms with Gasteiger partial charge in [-0.15, -0.1) is 5.92 Å². The Kier molecular flexibility index (Phi) is 12.5. The maximum absolute atomic E-state index is 14.8. The first-order chi connectivity index (χ1) is 16.4. The number of hydrogen-bond acceptors (Lipinski definition) is 7. The Morgan fingerprint density at radius 1 is 1.44 bits per heavy atom. The number of carbonyl (C=O) groups is 1. The van der Waals surface area contributed by atoms with Crippen molar-refractivity contribution >= 4 is 28.7 Å². The lowest BCUT2D eigenvalue weighted by atomic mass is 9.91. The topological polar surface area (TPSA) is 115 Å². The Morgan fingerprint density at radius 2 is 2.18 bits per heavy atom. The average molecular weight is 489 g/mol. The van der Waals surface area contributed by atoms with Crippen molar-refractivity contribution in [3.63, 3.8) is 0 Å². The van der Waals surface area contributed by atoms with Crippen LogP contribution in [0.1, 0.15) is 57.4 Å². The first-order valence-corrected chi connectivity index (χ1v) is 11.8. The van der Waals surface area contributed by atoms with E-state index in [0.717, 1.165) is 5.17 Å². The minimum absolute atomic E-state index is 0.0593. The van der Waals surface area contributed by atoms with Gasteiger partial charge in [0, 0.05) is 25.6 Å². The number of nitrogens with zero attached hydrogens (tertiary/aromatic N) is 3. The minimum Gasteiger partial charge on any atom is -0.480 e. The van der Waals surface area contributed by atoms with Gasteiger partial charge in [-0.25, -0.2) is 9.37 Å². The Labute approximate surface area is 205 Å². The number of hydrogen-bond donors (Lipinski definition) is 3. The number of nitrogen functional groups attached to an aromatic ring is 1. The number of allylic oxidation sites excluding steroid dienone is 3. The van der Waals surface area contributed by atoms with Crippen LogP contribution < -0.4 is 21.1 Å². The normalized spacial score (nSPS) is 18.7. The fraction of sp³-hybridized carbons (Fsp3) is 0.417. The Hall–Kier alpha value is -3.32. The lowest BCUT2D eigenvalue weighted by Gasteiger charge is -2.34. The van der Waals surface area contributed by atoms with Gasteiger partial charge in [0.05, 0.1) is 18.8 Å². The monoisotopic (exact) mass is 488 g/mol. The zero-order valence-electron chi connectivity index (χ0n) is 20.5. The fourth-order valence-corrected chi connectivity index (χ4v) is 3.63. The van der Waals surface area contributed by atoms with Crippen LogP contribution in [0.4, 0.5) is 10.2 Å². The van der Waals surface area contributed by atoms with Crippen LogP contribution in [-0.2, 0) is 0 Å². The maximum atomic E-state index is 14.8. The molecule has 1 amide bonds. The summed E-state index contributed by atoms with van der Waals surface area (Å²) in [5, 5.41) is 8.61. The van der Waals surface area contributed by atoms with Crippen LogP contribution in [0, 0.1) is 11.8 Å². The number of amides is 1. The predicted octanol–water partition coefficient (Wildman–Crippen LogP) is 4.35. The summed E-state index contributed by atoms with van der Waals surface area (Å²) in [4.78, 5) is 24.7. The Balaban J connectivity index is 0.00000281. The van der Waals surface area contributed by atoms with Gasteiger partial charge in [0.25, 0.3) is 5.91 Å². The van der Waals surface area contributed by atoms with Crippen molar-refractivity contribution in [1.29, 1.82) is 0 Å². The van der Waals surface area contributed by atoms with Crippen LogP contribution in [0.25, 0.3) is 0 Å². The zero-order valence-corrected chi connectivity index (χ0v) is 21.3. The van der Waals surface area contributed by atoms with Crippen molar-refractivity contribution in [3.8, 4) is 17.7 Å². The summed E-state index contributed by atoms with van der Waals surface area (Å²) < 4.78 is 19.8. The van der Waals surface area contributed by atoms with Gasteiger partial charge in [0.2, 0.25) is 5.88 Å². The molecule has 1 aliphatic rings. The summed E-state index contributed by atoms with van der Waals surface area (Å²) in [5.41, 5.74) is 5.58. The summed E-state index contributed by atoms with van der Waals surface area (Å²) >= 11 is 1.46.